The quantitative estimate of drug-likeness (QED) is 0.626. The molecule has 17 heavy (non-hydrogen) atoms. The molecule has 0 aliphatic rings. The third-order valence-corrected chi connectivity index (χ3v) is 2.92. The Labute approximate surface area is 99.9 Å². The Morgan fingerprint density at radius 2 is 1.35 bits per heavy atom. The summed E-state index contributed by atoms with van der Waals surface area (Å²) in [5.74, 6) is 0. The monoisotopic (exact) mass is 220 g/mol. The van der Waals surface area contributed by atoms with Gasteiger partial charge in [-0.1, -0.05) is 54.6 Å². The molecule has 0 saturated carbocycles. The fourth-order valence-corrected chi connectivity index (χ4v) is 2.05. The third kappa shape index (κ3) is 1.68. The summed E-state index contributed by atoms with van der Waals surface area (Å²) in [6.45, 7) is 1.99. The van der Waals surface area contributed by atoms with E-state index < -0.39 is 0 Å². The number of benzene rings is 2. The lowest BCUT2D eigenvalue weighted by Gasteiger charge is -2.06. The van der Waals surface area contributed by atoms with E-state index >= 15 is 0 Å². The van der Waals surface area contributed by atoms with E-state index in [1.807, 2.05) is 37.3 Å². The van der Waals surface area contributed by atoms with Crippen LogP contribution in [0.25, 0.3) is 22.0 Å². The molecule has 2 aromatic carbocycles. The molecule has 0 N–H and O–H groups in total. The highest BCUT2D eigenvalue weighted by Crippen LogP contribution is 2.26. The third-order valence-electron chi connectivity index (χ3n) is 2.92. The van der Waals surface area contributed by atoms with Gasteiger partial charge in [0.2, 0.25) is 0 Å². The Morgan fingerprint density at radius 1 is 0.706 bits per heavy atom. The van der Waals surface area contributed by atoms with E-state index in [2.05, 4.69) is 34.5 Å². The van der Waals surface area contributed by atoms with Crippen LogP contribution in [0, 0.1) is 6.92 Å². The predicted octanol–water partition coefficient (Wildman–Crippen LogP) is 3.61. The van der Waals surface area contributed by atoms with Gasteiger partial charge in [0, 0.05) is 16.3 Å². The summed E-state index contributed by atoms with van der Waals surface area (Å²) in [5, 5.41) is 10.9. The van der Waals surface area contributed by atoms with Crippen LogP contribution in [0.15, 0.2) is 54.6 Å². The van der Waals surface area contributed by atoms with Crippen LogP contribution in [0.4, 0.5) is 0 Å². The first kappa shape index (κ1) is 9.97. The lowest BCUT2D eigenvalue weighted by atomic mass is 10.0. The second-order valence-corrected chi connectivity index (χ2v) is 4.05. The van der Waals surface area contributed by atoms with Gasteiger partial charge in [0.15, 0.2) is 0 Å². The Hall–Kier alpha value is -2.22. The van der Waals surface area contributed by atoms with Crippen molar-refractivity contribution in [2.75, 3.05) is 0 Å². The van der Waals surface area contributed by atoms with Crippen molar-refractivity contribution in [1.82, 2.24) is 10.2 Å². The van der Waals surface area contributed by atoms with Gasteiger partial charge in [0.1, 0.15) is 5.69 Å². The number of nitrogens with zero attached hydrogens (tertiary/aromatic N) is 2. The van der Waals surface area contributed by atoms with Crippen LogP contribution in [0.3, 0.4) is 0 Å². The fourth-order valence-electron chi connectivity index (χ4n) is 2.05. The SMILES string of the molecule is Cc1nnc(-c2ccccc2)c2ccccc12. The first-order chi connectivity index (χ1) is 8.36. The van der Waals surface area contributed by atoms with E-state index in [1.165, 1.54) is 5.39 Å². The van der Waals surface area contributed by atoms with Gasteiger partial charge < -0.3 is 0 Å². The fraction of sp³-hybridized carbons (Fsp3) is 0.0667. The lowest BCUT2D eigenvalue weighted by molar-refractivity contribution is 1.01. The zero-order valence-corrected chi connectivity index (χ0v) is 9.59. The zero-order chi connectivity index (χ0) is 11.7. The maximum atomic E-state index is 4.33. The standard InChI is InChI=1S/C15H12N2/c1-11-13-9-5-6-10-14(13)15(17-16-11)12-7-3-2-4-8-12/h2-10H,1H3. The molecule has 0 amide bonds. The summed E-state index contributed by atoms with van der Waals surface area (Å²) >= 11 is 0. The number of hydrogen-bond donors (Lipinski definition) is 0. The highest BCUT2D eigenvalue weighted by Gasteiger charge is 2.07. The van der Waals surface area contributed by atoms with Crippen molar-refractivity contribution in [3.05, 3.63) is 60.3 Å². The zero-order valence-electron chi connectivity index (χ0n) is 9.59. The van der Waals surface area contributed by atoms with Crippen LogP contribution in [0.2, 0.25) is 0 Å². The van der Waals surface area contributed by atoms with Gasteiger partial charge in [-0.2, -0.15) is 5.10 Å². The van der Waals surface area contributed by atoms with Crippen molar-refractivity contribution >= 4 is 10.8 Å². The molecule has 2 nitrogen and oxygen atoms in total. The van der Waals surface area contributed by atoms with Crippen LogP contribution in [0.1, 0.15) is 5.69 Å². The van der Waals surface area contributed by atoms with Crippen LogP contribution in [0.5, 0.6) is 0 Å². The first-order valence-electron chi connectivity index (χ1n) is 5.64. The van der Waals surface area contributed by atoms with Crippen molar-refractivity contribution < 1.29 is 0 Å². The van der Waals surface area contributed by atoms with E-state index in [9.17, 15) is 0 Å². The van der Waals surface area contributed by atoms with E-state index in [4.69, 9.17) is 0 Å². The summed E-state index contributed by atoms with van der Waals surface area (Å²) in [6.07, 6.45) is 0. The van der Waals surface area contributed by atoms with E-state index in [1.54, 1.807) is 0 Å². The van der Waals surface area contributed by atoms with Gasteiger partial charge >= 0.3 is 0 Å². The summed E-state index contributed by atoms with van der Waals surface area (Å²) in [4.78, 5) is 0. The first-order valence-corrected chi connectivity index (χ1v) is 5.64. The van der Waals surface area contributed by atoms with Crippen LogP contribution in [-0.2, 0) is 0 Å². The summed E-state index contributed by atoms with van der Waals surface area (Å²) in [5.41, 5.74) is 3.03. The molecule has 0 saturated heterocycles. The summed E-state index contributed by atoms with van der Waals surface area (Å²) < 4.78 is 0. The molecule has 0 spiro atoms. The highest BCUT2D eigenvalue weighted by molar-refractivity contribution is 5.95. The van der Waals surface area contributed by atoms with Gasteiger partial charge in [0.05, 0.1) is 5.69 Å². The maximum Gasteiger partial charge on any atom is 0.101 e. The van der Waals surface area contributed by atoms with E-state index in [0.29, 0.717) is 0 Å². The molecular weight excluding hydrogens is 208 g/mol. The molecule has 3 rings (SSSR count). The van der Waals surface area contributed by atoms with Crippen molar-refractivity contribution in [3.63, 3.8) is 0 Å². The Kier molecular flexibility index (Phi) is 2.33. The minimum atomic E-state index is 0.951. The largest absolute Gasteiger partial charge is 0.155 e. The Balaban J connectivity index is 2.35. The molecule has 0 radical (unpaired) electrons. The number of rotatable bonds is 1. The predicted molar refractivity (Wildman–Crippen MR) is 69.7 cm³/mol. The Morgan fingerprint density at radius 3 is 2.12 bits per heavy atom. The van der Waals surface area contributed by atoms with Crippen LogP contribution in [-0.4, -0.2) is 10.2 Å². The molecule has 1 heterocycles. The molecule has 0 fully saturated rings. The van der Waals surface area contributed by atoms with E-state index in [0.717, 1.165) is 22.3 Å². The van der Waals surface area contributed by atoms with Crippen molar-refractivity contribution in [2.24, 2.45) is 0 Å². The van der Waals surface area contributed by atoms with E-state index in [-0.39, 0.29) is 0 Å². The molecule has 0 atom stereocenters. The molecule has 0 bridgehead atoms. The van der Waals surface area contributed by atoms with Gasteiger partial charge in [-0.3, -0.25) is 0 Å². The molecule has 1 aromatic heterocycles. The molecule has 82 valence electrons. The van der Waals surface area contributed by atoms with Gasteiger partial charge in [-0.25, -0.2) is 0 Å². The van der Waals surface area contributed by atoms with Crippen molar-refractivity contribution in [3.8, 4) is 11.3 Å². The molecule has 0 aliphatic carbocycles. The number of aryl methyl sites for hydroxylation is 1. The van der Waals surface area contributed by atoms with Gasteiger partial charge in [-0.05, 0) is 6.92 Å². The van der Waals surface area contributed by atoms with Crippen molar-refractivity contribution in [2.45, 2.75) is 6.92 Å². The van der Waals surface area contributed by atoms with Crippen molar-refractivity contribution in [1.29, 1.82) is 0 Å². The molecule has 0 aliphatic heterocycles. The van der Waals surface area contributed by atoms with Crippen LogP contribution < -0.4 is 0 Å². The minimum Gasteiger partial charge on any atom is -0.155 e. The minimum absolute atomic E-state index is 0.951. The molecule has 0 unspecified atom stereocenters. The topological polar surface area (TPSA) is 25.8 Å². The molecule has 3 aromatic rings. The number of aromatic nitrogens is 2. The summed E-state index contributed by atoms with van der Waals surface area (Å²) in [6, 6.07) is 18.4. The molecular formula is C15H12N2. The smallest absolute Gasteiger partial charge is 0.101 e. The number of fused-ring (bicyclic) bond motifs is 1. The van der Waals surface area contributed by atoms with Gasteiger partial charge in [0.25, 0.3) is 0 Å². The van der Waals surface area contributed by atoms with Gasteiger partial charge in [-0.15, -0.1) is 5.10 Å². The highest BCUT2D eigenvalue weighted by atomic mass is 15.1. The lowest BCUT2D eigenvalue weighted by Crippen LogP contribution is -1.93. The average Bonchev–Trinajstić information content (AvgIpc) is 2.41. The maximum absolute atomic E-state index is 4.33. The average molecular weight is 220 g/mol. The Bertz CT molecular complexity index is 660. The normalized spacial score (nSPS) is 10.6. The number of hydrogen-bond acceptors (Lipinski definition) is 2. The molecule has 2 heteroatoms. The second-order valence-electron chi connectivity index (χ2n) is 4.05. The summed E-state index contributed by atoms with van der Waals surface area (Å²) in [7, 11) is 0. The second kappa shape index (κ2) is 3.98. The van der Waals surface area contributed by atoms with Crippen LogP contribution >= 0.6 is 0 Å².